The van der Waals surface area contributed by atoms with Crippen molar-refractivity contribution in [1.82, 2.24) is 0 Å². The third-order valence-electron chi connectivity index (χ3n) is 4.24. The van der Waals surface area contributed by atoms with E-state index in [4.69, 9.17) is 9.47 Å². The number of nitrogens with one attached hydrogen (secondary N) is 2. The second-order valence-corrected chi connectivity index (χ2v) is 8.66. The molecule has 2 N–H and O–H groups in total. The highest BCUT2D eigenvalue weighted by molar-refractivity contribution is 7.92. The summed E-state index contributed by atoms with van der Waals surface area (Å²) in [4.78, 5) is 12.6. The number of rotatable bonds is 8. The lowest BCUT2D eigenvalue weighted by Gasteiger charge is -2.13. The molecule has 0 fully saturated rings. The molecule has 0 saturated heterocycles. The van der Waals surface area contributed by atoms with Gasteiger partial charge in [-0.1, -0.05) is 18.2 Å². The number of anilines is 2. The van der Waals surface area contributed by atoms with Gasteiger partial charge in [0.25, 0.3) is 15.9 Å². The van der Waals surface area contributed by atoms with Crippen LogP contribution in [0.2, 0.25) is 0 Å². The summed E-state index contributed by atoms with van der Waals surface area (Å²) < 4.78 is 38.9. The first-order valence-electron chi connectivity index (χ1n) is 9.62. The maximum Gasteiger partial charge on any atom is 0.262 e. The molecular weight excluding hydrogens is 416 g/mol. The number of hydrogen-bond acceptors (Lipinski definition) is 5. The summed E-state index contributed by atoms with van der Waals surface area (Å²) in [5.41, 5.74) is 1.11. The Morgan fingerprint density at radius 2 is 1.65 bits per heavy atom. The van der Waals surface area contributed by atoms with Gasteiger partial charge in [0, 0.05) is 11.3 Å². The average Bonchev–Trinajstić information content (AvgIpc) is 2.74. The number of ether oxygens (including phenoxy) is 2. The van der Waals surface area contributed by atoms with E-state index < -0.39 is 10.0 Å². The fourth-order valence-corrected chi connectivity index (χ4v) is 3.95. The van der Waals surface area contributed by atoms with Crippen LogP contribution in [0, 0.1) is 0 Å². The van der Waals surface area contributed by atoms with Crippen molar-refractivity contribution in [2.24, 2.45) is 0 Å². The molecule has 0 aromatic heterocycles. The third kappa shape index (κ3) is 5.76. The van der Waals surface area contributed by atoms with Gasteiger partial charge < -0.3 is 14.8 Å². The molecule has 0 saturated carbocycles. The molecule has 3 rings (SSSR count). The molecule has 0 aliphatic heterocycles. The maximum atomic E-state index is 12.8. The van der Waals surface area contributed by atoms with Crippen LogP contribution in [0.1, 0.15) is 24.2 Å². The molecule has 0 radical (unpaired) electrons. The van der Waals surface area contributed by atoms with Gasteiger partial charge in [-0.3, -0.25) is 9.52 Å². The van der Waals surface area contributed by atoms with E-state index in [9.17, 15) is 13.2 Å². The fourth-order valence-electron chi connectivity index (χ4n) is 2.83. The largest absolute Gasteiger partial charge is 0.495 e. The third-order valence-corrected chi connectivity index (χ3v) is 5.60. The number of sulfonamides is 1. The van der Waals surface area contributed by atoms with E-state index in [0.29, 0.717) is 28.4 Å². The van der Waals surface area contributed by atoms with E-state index in [0.717, 1.165) is 0 Å². The zero-order chi connectivity index (χ0) is 22.4. The monoisotopic (exact) mass is 440 g/mol. The second-order valence-electron chi connectivity index (χ2n) is 6.98. The minimum atomic E-state index is -3.88. The quantitative estimate of drug-likeness (QED) is 0.537. The van der Waals surface area contributed by atoms with Gasteiger partial charge in [-0.05, 0) is 68.4 Å². The molecule has 7 nitrogen and oxygen atoms in total. The van der Waals surface area contributed by atoms with Gasteiger partial charge >= 0.3 is 0 Å². The van der Waals surface area contributed by atoms with Crippen LogP contribution in [-0.2, 0) is 10.0 Å². The van der Waals surface area contributed by atoms with Crippen molar-refractivity contribution < 1.29 is 22.7 Å². The normalized spacial score (nSPS) is 11.1. The Kier molecular flexibility index (Phi) is 6.81. The highest BCUT2D eigenvalue weighted by Gasteiger charge is 2.17. The number of amides is 1. The van der Waals surface area contributed by atoms with Gasteiger partial charge in [-0.2, -0.15) is 0 Å². The molecule has 1 amide bonds. The van der Waals surface area contributed by atoms with Crippen molar-refractivity contribution in [2.45, 2.75) is 24.8 Å². The number of carbonyl (C=O) groups excluding carboxylic acids is 1. The summed E-state index contributed by atoms with van der Waals surface area (Å²) in [6, 6.07) is 19.5. The van der Waals surface area contributed by atoms with Crippen LogP contribution in [0.3, 0.4) is 0 Å². The van der Waals surface area contributed by atoms with E-state index in [1.165, 1.54) is 19.2 Å². The molecule has 0 atom stereocenters. The zero-order valence-corrected chi connectivity index (χ0v) is 18.3. The van der Waals surface area contributed by atoms with Crippen LogP contribution < -0.4 is 19.5 Å². The van der Waals surface area contributed by atoms with Crippen molar-refractivity contribution >= 4 is 27.3 Å². The highest BCUT2D eigenvalue weighted by atomic mass is 32.2. The maximum absolute atomic E-state index is 12.8. The van der Waals surface area contributed by atoms with Crippen molar-refractivity contribution in [2.75, 3.05) is 17.1 Å². The molecular formula is C23H24N2O5S. The summed E-state index contributed by atoms with van der Waals surface area (Å²) in [6.07, 6.45) is 0.0360. The fraction of sp³-hybridized carbons (Fsp3) is 0.174. The van der Waals surface area contributed by atoms with E-state index in [-0.39, 0.29) is 16.9 Å². The van der Waals surface area contributed by atoms with Gasteiger partial charge in [-0.25, -0.2) is 8.42 Å². The number of para-hydroxylation sites is 2. The predicted molar refractivity (Wildman–Crippen MR) is 120 cm³/mol. The highest BCUT2D eigenvalue weighted by Crippen LogP contribution is 2.27. The number of benzene rings is 3. The molecule has 0 aliphatic rings. The predicted octanol–water partition coefficient (Wildman–Crippen LogP) is 4.54. The Balaban J connectivity index is 1.75. The lowest BCUT2D eigenvalue weighted by Crippen LogP contribution is -2.15. The first kappa shape index (κ1) is 22.2. The van der Waals surface area contributed by atoms with E-state index >= 15 is 0 Å². The average molecular weight is 441 g/mol. The summed E-state index contributed by atoms with van der Waals surface area (Å²) in [6.45, 7) is 3.84. The summed E-state index contributed by atoms with van der Waals surface area (Å²) in [5, 5.41) is 2.72. The lowest BCUT2D eigenvalue weighted by molar-refractivity contribution is 0.102. The minimum absolute atomic E-state index is 0.0110. The van der Waals surface area contributed by atoms with E-state index in [1.807, 2.05) is 13.8 Å². The first-order chi connectivity index (χ1) is 14.8. The Hall–Kier alpha value is -3.52. The van der Waals surface area contributed by atoms with Gasteiger partial charge in [0.1, 0.15) is 11.5 Å². The number of hydrogen-bond donors (Lipinski definition) is 2. The molecule has 31 heavy (non-hydrogen) atoms. The Morgan fingerprint density at radius 3 is 2.32 bits per heavy atom. The number of carbonyl (C=O) groups is 1. The molecule has 3 aromatic carbocycles. The summed E-state index contributed by atoms with van der Waals surface area (Å²) >= 11 is 0. The Bertz CT molecular complexity index is 1160. The number of methoxy groups -OCH3 is 1. The van der Waals surface area contributed by atoms with Gasteiger partial charge in [0.05, 0.1) is 23.8 Å². The van der Waals surface area contributed by atoms with Crippen LogP contribution in [0.15, 0.2) is 77.7 Å². The molecule has 0 aliphatic carbocycles. The van der Waals surface area contributed by atoms with Gasteiger partial charge in [-0.15, -0.1) is 0 Å². The van der Waals surface area contributed by atoms with Crippen LogP contribution in [0.4, 0.5) is 11.4 Å². The molecule has 8 heteroatoms. The zero-order valence-electron chi connectivity index (χ0n) is 17.5. The molecule has 3 aromatic rings. The molecule has 162 valence electrons. The van der Waals surface area contributed by atoms with Crippen molar-refractivity contribution in [3.05, 3.63) is 78.4 Å². The van der Waals surface area contributed by atoms with Crippen molar-refractivity contribution in [3.63, 3.8) is 0 Å². The van der Waals surface area contributed by atoms with Crippen LogP contribution in [0.25, 0.3) is 0 Å². The van der Waals surface area contributed by atoms with Crippen molar-refractivity contribution in [3.8, 4) is 11.5 Å². The van der Waals surface area contributed by atoms with Crippen molar-refractivity contribution in [1.29, 1.82) is 0 Å². The van der Waals surface area contributed by atoms with Crippen LogP contribution in [0.5, 0.6) is 11.5 Å². The Labute approximate surface area is 182 Å². The lowest BCUT2D eigenvalue weighted by atomic mass is 10.2. The minimum Gasteiger partial charge on any atom is -0.495 e. The van der Waals surface area contributed by atoms with Crippen LogP contribution >= 0.6 is 0 Å². The smallest absolute Gasteiger partial charge is 0.262 e. The molecule has 0 unspecified atom stereocenters. The topological polar surface area (TPSA) is 93.7 Å². The molecule has 0 spiro atoms. The molecule has 0 bridgehead atoms. The van der Waals surface area contributed by atoms with E-state index in [2.05, 4.69) is 10.0 Å². The first-order valence-corrected chi connectivity index (χ1v) is 11.1. The standard InChI is InChI=1S/C23H24N2O5S/c1-16(2)30-19-13-11-17(12-14-19)23(26)24-18-7-6-8-20(15-18)31(27,28)25-21-9-4-5-10-22(21)29-3/h4-16,25H,1-3H3,(H,24,26). The summed E-state index contributed by atoms with van der Waals surface area (Å²) in [5.74, 6) is 0.714. The second kappa shape index (κ2) is 9.53. The van der Waals surface area contributed by atoms with Gasteiger partial charge in [0.15, 0.2) is 0 Å². The van der Waals surface area contributed by atoms with Gasteiger partial charge in [0.2, 0.25) is 0 Å². The summed E-state index contributed by atoms with van der Waals surface area (Å²) in [7, 11) is -2.42. The molecule has 0 heterocycles. The Morgan fingerprint density at radius 1 is 0.935 bits per heavy atom. The van der Waals surface area contributed by atoms with Crippen LogP contribution in [-0.4, -0.2) is 27.5 Å². The SMILES string of the molecule is COc1ccccc1NS(=O)(=O)c1cccc(NC(=O)c2ccc(OC(C)C)cc2)c1. The van der Waals surface area contributed by atoms with E-state index in [1.54, 1.807) is 60.7 Å².